The molecule has 1 heterocycles. The number of methoxy groups -OCH3 is 1. The highest BCUT2D eigenvalue weighted by Gasteiger charge is 2.31. The van der Waals surface area contributed by atoms with Gasteiger partial charge < -0.3 is 14.6 Å². The zero-order valence-electron chi connectivity index (χ0n) is 22.6. The van der Waals surface area contributed by atoms with Gasteiger partial charge in [-0.2, -0.15) is 22.9 Å². The minimum absolute atomic E-state index is 0.0183. The van der Waals surface area contributed by atoms with Gasteiger partial charge in [-0.1, -0.05) is 48.0 Å². The molecule has 4 aromatic carbocycles. The van der Waals surface area contributed by atoms with Crippen molar-refractivity contribution in [2.24, 2.45) is 5.10 Å². The van der Waals surface area contributed by atoms with E-state index in [4.69, 9.17) is 21.1 Å². The van der Waals surface area contributed by atoms with Gasteiger partial charge in [-0.3, -0.25) is 4.79 Å². The molecule has 0 aliphatic heterocycles. The van der Waals surface area contributed by atoms with Gasteiger partial charge in [0.2, 0.25) is 0 Å². The van der Waals surface area contributed by atoms with Crippen molar-refractivity contribution in [3.63, 3.8) is 0 Å². The van der Waals surface area contributed by atoms with Gasteiger partial charge in [0.1, 0.15) is 11.6 Å². The van der Waals surface area contributed by atoms with Crippen molar-refractivity contribution in [1.82, 2.24) is 9.66 Å². The Morgan fingerprint density at radius 3 is 2.57 bits per heavy atom. The van der Waals surface area contributed by atoms with Crippen molar-refractivity contribution < 1.29 is 32.5 Å². The fraction of sp³-hybridized carbons (Fsp3) is 0.0968. The van der Waals surface area contributed by atoms with Crippen molar-refractivity contribution in [3.05, 3.63) is 121 Å². The largest absolute Gasteiger partial charge is 0.493 e. The average molecular weight is 687 g/mol. The fourth-order valence-corrected chi connectivity index (χ4v) is 4.96. The highest BCUT2D eigenvalue weighted by atomic mass is 79.9. The van der Waals surface area contributed by atoms with E-state index in [0.29, 0.717) is 15.6 Å². The summed E-state index contributed by atoms with van der Waals surface area (Å²) in [7, 11) is 1.39. The number of rotatable bonds is 8. The first-order chi connectivity index (χ1) is 21.0. The Bertz CT molecular complexity index is 2000. The average Bonchev–Trinajstić information content (AvgIpc) is 3.01. The Kier molecular flexibility index (Phi) is 8.75. The number of hydrogen-bond acceptors (Lipinski definition) is 6. The van der Waals surface area contributed by atoms with Crippen LogP contribution in [0.5, 0.6) is 11.5 Å². The maximum Gasteiger partial charge on any atom is 0.416 e. The van der Waals surface area contributed by atoms with Crippen molar-refractivity contribution in [2.75, 3.05) is 7.11 Å². The topological polar surface area (TPSA) is 103 Å². The molecule has 0 saturated heterocycles. The molecule has 1 aromatic heterocycles. The van der Waals surface area contributed by atoms with Crippen LogP contribution in [-0.4, -0.2) is 34.1 Å². The third-order valence-corrected chi connectivity index (χ3v) is 7.89. The number of nitrogens with zero attached hydrogens (tertiary/aromatic N) is 3. The number of para-hydroxylation sites is 1. The zero-order valence-corrected chi connectivity index (χ0v) is 24.9. The smallest absolute Gasteiger partial charge is 0.416 e. The summed E-state index contributed by atoms with van der Waals surface area (Å²) in [6.07, 6.45) is -3.32. The van der Waals surface area contributed by atoms with E-state index >= 15 is 0 Å². The summed E-state index contributed by atoms with van der Waals surface area (Å²) < 4.78 is 53.1. The number of carbonyl (C=O) groups is 1. The summed E-state index contributed by atoms with van der Waals surface area (Å²) in [6, 6.07) is 18.6. The quantitative estimate of drug-likeness (QED) is 0.168. The number of hydrogen-bond donors (Lipinski definition) is 1. The normalized spacial score (nSPS) is 11.7. The van der Waals surface area contributed by atoms with Crippen LogP contribution in [0.1, 0.15) is 27.0 Å². The monoisotopic (exact) mass is 685 g/mol. The molecule has 0 amide bonds. The van der Waals surface area contributed by atoms with Gasteiger partial charge in [-0.15, -0.1) is 0 Å². The van der Waals surface area contributed by atoms with Crippen LogP contribution in [0.25, 0.3) is 22.3 Å². The molecule has 0 spiro atoms. The third-order valence-electron chi connectivity index (χ3n) is 6.45. The number of fused-ring (bicyclic) bond motifs is 1. The lowest BCUT2D eigenvalue weighted by atomic mass is 10.1. The van der Waals surface area contributed by atoms with E-state index in [9.17, 15) is 27.9 Å². The summed E-state index contributed by atoms with van der Waals surface area (Å²) in [4.78, 5) is 29.3. The molecule has 0 saturated carbocycles. The molecule has 8 nitrogen and oxygen atoms in total. The first kappa shape index (κ1) is 30.8. The number of halogens is 5. The molecular weight excluding hydrogens is 667 g/mol. The maximum absolute atomic E-state index is 13.5. The molecule has 224 valence electrons. The molecule has 0 bridgehead atoms. The number of aromatic nitrogens is 2. The molecule has 0 aliphatic carbocycles. The molecule has 44 heavy (non-hydrogen) atoms. The Hall–Kier alpha value is -4.68. The van der Waals surface area contributed by atoms with E-state index < -0.39 is 23.3 Å². The van der Waals surface area contributed by atoms with Crippen LogP contribution in [0.15, 0.2) is 93.2 Å². The molecule has 13 heteroatoms. The number of alkyl halides is 3. The number of carboxylic acid groups (broad SMARTS) is 1. The highest BCUT2D eigenvalue weighted by Crippen LogP contribution is 2.42. The van der Waals surface area contributed by atoms with Crippen LogP contribution in [0.3, 0.4) is 0 Å². The second-order valence-corrected chi connectivity index (χ2v) is 10.5. The van der Waals surface area contributed by atoms with E-state index in [-0.39, 0.29) is 51.0 Å². The van der Waals surface area contributed by atoms with Crippen molar-refractivity contribution >= 4 is 50.6 Å². The van der Waals surface area contributed by atoms with Crippen molar-refractivity contribution in [3.8, 4) is 22.9 Å². The van der Waals surface area contributed by atoms with Gasteiger partial charge >= 0.3 is 12.1 Å². The van der Waals surface area contributed by atoms with Crippen LogP contribution in [0, 0.1) is 0 Å². The molecular formula is C31H20BrClF3N3O5. The Morgan fingerprint density at radius 1 is 1.09 bits per heavy atom. The zero-order chi connectivity index (χ0) is 31.6. The molecule has 0 aliphatic rings. The molecule has 5 rings (SSSR count). The minimum Gasteiger partial charge on any atom is -0.493 e. The lowest BCUT2D eigenvalue weighted by Gasteiger charge is -2.15. The van der Waals surface area contributed by atoms with Gasteiger partial charge in [0.15, 0.2) is 17.3 Å². The summed E-state index contributed by atoms with van der Waals surface area (Å²) in [5.74, 6) is -0.816. The SMILES string of the molecule is COc1cc(C=Nn2c(-c3cccc(C(F)(F)F)c3)nc3ccccc3c2=O)c(Br)c(Cl)c1OCc1cccc(C(=O)O)c1. The summed E-state index contributed by atoms with van der Waals surface area (Å²) in [5, 5.41) is 13.9. The van der Waals surface area contributed by atoms with E-state index in [1.807, 2.05) is 0 Å². The predicted molar refractivity (Wildman–Crippen MR) is 163 cm³/mol. The Morgan fingerprint density at radius 2 is 1.84 bits per heavy atom. The first-order valence-corrected chi connectivity index (χ1v) is 13.9. The van der Waals surface area contributed by atoms with Gasteiger partial charge in [-0.05, 0) is 64.0 Å². The number of aromatic carboxylic acids is 1. The molecule has 0 fully saturated rings. The minimum atomic E-state index is -4.61. The summed E-state index contributed by atoms with van der Waals surface area (Å²) in [5.41, 5.74) is -0.158. The molecule has 0 radical (unpaired) electrons. The van der Waals surface area contributed by atoms with Crippen LogP contribution in [-0.2, 0) is 12.8 Å². The molecule has 0 atom stereocenters. The lowest BCUT2D eigenvalue weighted by molar-refractivity contribution is -0.137. The highest BCUT2D eigenvalue weighted by molar-refractivity contribution is 9.10. The number of benzene rings is 4. The van der Waals surface area contributed by atoms with Crippen LogP contribution in [0.4, 0.5) is 13.2 Å². The second kappa shape index (κ2) is 12.5. The molecule has 0 unspecified atom stereocenters. The Balaban J connectivity index is 1.56. The number of carboxylic acids is 1. The van der Waals surface area contributed by atoms with E-state index in [1.54, 1.807) is 36.4 Å². The van der Waals surface area contributed by atoms with Gasteiger partial charge in [0.05, 0.1) is 35.4 Å². The molecule has 5 aromatic rings. The van der Waals surface area contributed by atoms with Crippen LogP contribution >= 0.6 is 27.5 Å². The van der Waals surface area contributed by atoms with Gasteiger partial charge in [0.25, 0.3) is 5.56 Å². The summed E-state index contributed by atoms with van der Waals surface area (Å²) >= 11 is 10.0. The first-order valence-electron chi connectivity index (χ1n) is 12.7. The Labute approximate surface area is 261 Å². The standard InChI is InChI=1S/C31H20BrClF3N3O5/c1-43-24-14-20(25(32)26(33)27(24)44-16-17-6-4-8-19(12-17)30(41)42)15-37-39-28(18-7-5-9-21(13-18)31(34,35)36)38-23-11-3-2-10-22(23)29(39)40/h2-15H,16H2,1H3,(H,41,42). The van der Waals surface area contributed by atoms with E-state index in [2.05, 4.69) is 26.0 Å². The summed E-state index contributed by atoms with van der Waals surface area (Å²) in [6.45, 7) is -0.0183. The predicted octanol–water partition coefficient (Wildman–Crippen LogP) is 7.67. The number of ether oxygens (including phenoxy) is 2. The third kappa shape index (κ3) is 6.31. The van der Waals surface area contributed by atoms with Crippen LogP contribution < -0.4 is 15.0 Å². The van der Waals surface area contributed by atoms with Crippen molar-refractivity contribution in [2.45, 2.75) is 12.8 Å². The van der Waals surface area contributed by atoms with E-state index in [0.717, 1.165) is 16.8 Å². The molecule has 1 N–H and O–H groups in total. The fourth-order valence-electron chi connectivity index (χ4n) is 4.31. The van der Waals surface area contributed by atoms with Gasteiger partial charge in [-0.25, -0.2) is 9.78 Å². The van der Waals surface area contributed by atoms with E-state index in [1.165, 1.54) is 43.7 Å². The van der Waals surface area contributed by atoms with Crippen LogP contribution in [0.2, 0.25) is 5.02 Å². The second-order valence-electron chi connectivity index (χ2n) is 9.31. The van der Waals surface area contributed by atoms with Crippen molar-refractivity contribution in [1.29, 1.82) is 0 Å². The lowest BCUT2D eigenvalue weighted by Crippen LogP contribution is -2.20. The maximum atomic E-state index is 13.5. The van der Waals surface area contributed by atoms with Gasteiger partial charge in [0, 0.05) is 15.6 Å².